The zero-order chi connectivity index (χ0) is 15.4. The molecule has 1 heterocycles. The second-order valence-electron chi connectivity index (χ2n) is 4.84. The zero-order valence-corrected chi connectivity index (χ0v) is 13.3. The van der Waals surface area contributed by atoms with Gasteiger partial charge in [0.05, 0.1) is 6.26 Å². The highest BCUT2D eigenvalue weighted by Gasteiger charge is 2.20. The third-order valence-electron chi connectivity index (χ3n) is 3.32. The smallest absolute Gasteiger partial charge is 0.252 e. The molecule has 0 aliphatic carbocycles. The van der Waals surface area contributed by atoms with Gasteiger partial charge in [-0.25, -0.2) is 0 Å². The molecule has 1 amide bonds. The van der Waals surface area contributed by atoms with E-state index in [1.807, 2.05) is 54.6 Å². The molecular formula is C18H14BrNO2. The molecule has 1 atom stereocenters. The van der Waals surface area contributed by atoms with Crippen molar-refractivity contribution in [3.63, 3.8) is 0 Å². The Hall–Kier alpha value is -2.33. The van der Waals surface area contributed by atoms with Crippen molar-refractivity contribution in [3.8, 4) is 0 Å². The van der Waals surface area contributed by atoms with Crippen molar-refractivity contribution < 1.29 is 9.21 Å². The summed E-state index contributed by atoms with van der Waals surface area (Å²) in [4.78, 5) is 12.5. The lowest BCUT2D eigenvalue weighted by atomic mass is 10.0. The highest BCUT2D eigenvalue weighted by Crippen LogP contribution is 2.23. The van der Waals surface area contributed by atoms with Crippen LogP contribution in [0, 0.1) is 0 Å². The van der Waals surface area contributed by atoms with E-state index in [-0.39, 0.29) is 11.9 Å². The van der Waals surface area contributed by atoms with Crippen LogP contribution in [0.5, 0.6) is 0 Å². The fourth-order valence-corrected chi connectivity index (χ4v) is 2.66. The van der Waals surface area contributed by atoms with Crippen molar-refractivity contribution >= 4 is 21.8 Å². The van der Waals surface area contributed by atoms with Gasteiger partial charge >= 0.3 is 0 Å². The molecule has 0 radical (unpaired) electrons. The SMILES string of the molecule is O=C(N[C@H](c1ccccc1)c1ccco1)c1cccc(Br)c1. The van der Waals surface area contributed by atoms with Crippen LogP contribution in [-0.4, -0.2) is 5.91 Å². The van der Waals surface area contributed by atoms with Gasteiger partial charge in [-0.3, -0.25) is 4.79 Å². The predicted octanol–water partition coefficient (Wildman–Crippen LogP) is 4.56. The molecule has 0 saturated heterocycles. The summed E-state index contributed by atoms with van der Waals surface area (Å²) in [5, 5.41) is 3.03. The summed E-state index contributed by atoms with van der Waals surface area (Å²) in [5.41, 5.74) is 1.57. The molecule has 3 rings (SSSR count). The van der Waals surface area contributed by atoms with Gasteiger partial charge in [-0.15, -0.1) is 0 Å². The van der Waals surface area contributed by atoms with Crippen LogP contribution in [0.1, 0.15) is 27.7 Å². The molecule has 3 aromatic rings. The Balaban J connectivity index is 1.89. The Bertz CT molecular complexity index is 754. The predicted molar refractivity (Wildman–Crippen MR) is 88.6 cm³/mol. The van der Waals surface area contributed by atoms with Gasteiger partial charge < -0.3 is 9.73 Å². The number of halogens is 1. The van der Waals surface area contributed by atoms with Crippen molar-refractivity contribution in [3.05, 3.63) is 94.4 Å². The Morgan fingerprint density at radius 1 is 1.00 bits per heavy atom. The summed E-state index contributed by atoms with van der Waals surface area (Å²) in [6.07, 6.45) is 1.61. The van der Waals surface area contributed by atoms with Gasteiger partial charge in [-0.2, -0.15) is 0 Å². The number of benzene rings is 2. The minimum atomic E-state index is -0.317. The summed E-state index contributed by atoms with van der Waals surface area (Å²) in [5.74, 6) is 0.557. The number of rotatable bonds is 4. The average Bonchev–Trinajstić information content (AvgIpc) is 3.07. The Kier molecular flexibility index (Phi) is 4.39. The third kappa shape index (κ3) is 3.28. The summed E-state index contributed by atoms with van der Waals surface area (Å²) in [7, 11) is 0. The molecule has 1 N–H and O–H groups in total. The maximum absolute atomic E-state index is 12.5. The van der Waals surface area contributed by atoms with Crippen molar-refractivity contribution in [2.45, 2.75) is 6.04 Å². The van der Waals surface area contributed by atoms with Crippen LogP contribution in [0.3, 0.4) is 0 Å². The summed E-state index contributed by atoms with van der Waals surface area (Å²) in [6.45, 7) is 0. The second kappa shape index (κ2) is 6.62. The molecule has 110 valence electrons. The molecule has 22 heavy (non-hydrogen) atoms. The molecule has 0 bridgehead atoms. The normalized spacial score (nSPS) is 11.9. The third-order valence-corrected chi connectivity index (χ3v) is 3.82. The lowest BCUT2D eigenvalue weighted by Crippen LogP contribution is -2.29. The Morgan fingerprint density at radius 3 is 2.50 bits per heavy atom. The minimum Gasteiger partial charge on any atom is -0.467 e. The number of hydrogen-bond donors (Lipinski definition) is 1. The first-order valence-corrected chi connectivity index (χ1v) is 7.68. The van der Waals surface area contributed by atoms with E-state index in [0.717, 1.165) is 10.0 Å². The maximum atomic E-state index is 12.5. The van der Waals surface area contributed by atoms with Gasteiger partial charge in [-0.05, 0) is 35.9 Å². The van der Waals surface area contributed by atoms with Gasteiger partial charge in [0.1, 0.15) is 11.8 Å². The van der Waals surface area contributed by atoms with Crippen LogP contribution < -0.4 is 5.32 Å². The van der Waals surface area contributed by atoms with E-state index < -0.39 is 0 Å². The molecule has 0 saturated carbocycles. The monoisotopic (exact) mass is 355 g/mol. The van der Waals surface area contributed by atoms with Gasteiger partial charge in [-0.1, -0.05) is 52.3 Å². The number of amides is 1. The maximum Gasteiger partial charge on any atom is 0.252 e. The first-order valence-electron chi connectivity index (χ1n) is 6.89. The largest absolute Gasteiger partial charge is 0.467 e. The number of carbonyl (C=O) groups excluding carboxylic acids is 1. The average molecular weight is 356 g/mol. The number of nitrogens with one attached hydrogen (secondary N) is 1. The molecule has 0 aliphatic heterocycles. The molecular weight excluding hydrogens is 342 g/mol. The van der Waals surface area contributed by atoms with Crippen molar-refractivity contribution in [2.75, 3.05) is 0 Å². The highest BCUT2D eigenvalue weighted by atomic mass is 79.9. The standard InChI is InChI=1S/C18H14BrNO2/c19-15-9-4-8-14(12-15)18(21)20-17(16-10-5-11-22-16)13-6-2-1-3-7-13/h1-12,17H,(H,20,21)/t17-/m1/s1. The van der Waals surface area contributed by atoms with E-state index in [2.05, 4.69) is 21.2 Å². The lowest BCUT2D eigenvalue weighted by Gasteiger charge is -2.17. The van der Waals surface area contributed by atoms with E-state index in [1.54, 1.807) is 18.4 Å². The van der Waals surface area contributed by atoms with Crippen LogP contribution in [-0.2, 0) is 0 Å². The summed E-state index contributed by atoms with van der Waals surface area (Å²) < 4.78 is 6.36. The number of hydrogen-bond acceptors (Lipinski definition) is 2. The van der Waals surface area contributed by atoms with Crippen LogP contribution in [0.4, 0.5) is 0 Å². The van der Waals surface area contributed by atoms with Gasteiger partial charge in [0.15, 0.2) is 0 Å². The summed E-state index contributed by atoms with van der Waals surface area (Å²) >= 11 is 3.38. The lowest BCUT2D eigenvalue weighted by molar-refractivity contribution is 0.0939. The van der Waals surface area contributed by atoms with Crippen LogP contribution in [0.2, 0.25) is 0 Å². The van der Waals surface area contributed by atoms with Crippen molar-refractivity contribution in [1.29, 1.82) is 0 Å². The highest BCUT2D eigenvalue weighted by molar-refractivity contribution is 9.10. The van der Waals surface area contributed by atoms with E-state index in [1.165, 1.54) is 0 Å². The first-order chi connectivity index (χ1) is 10.7. The van der Waals surface area contributed by atoms with Crippen molar-refractivity contribution in [2.24, 2.45) is 0 Å². The quantitative estimate of drug-likeness (QED) is 0.745. The van der Waals surface area contributed by atoms with E-state index >= 15 is 0 Å². The van der Waals surface area contributed by atoms with E-state index in [4.69, 9.17) is 4.42 Å². The Morgan fingerprint density at radius 2 is 1.82 bits per heavy atom. The molecule has 0 aliphatic rings. The fourth-order valence-electron chi connectivity index (χ4n) is 2.26. The van der Waals surface area contributed by atoms with Gasteiger partial charge in [0.2, 0.25) is 0 Å². The zero-order valence-electron chi connectivity index (χ0n) is 11.7. The minimum absolute atomic E-state index is 0.147. The molecule has 3 nitrogen and oxygen atoms in total. The number of furan rings is 1. The van der Waals surface area contributed by atoms with E-state index in [0.29, 0.717) is 11.3 Å². The van der Waals surface area contributed by atoms with Crippen LogP contribution in [0.15, 0.2) is 81.9 Å². The number of carbonyl (C=O) groups is 1. The van der Waals surface area contributed by atoms with Crippen molar-refractivity contribution in [1.82, 2.24) is 5.32 Å². The van der Waals surface area contributed by atoms with Crippen LogP contribution >= 0.6 is 15.9 Å². The first kappa shape index (κ1) is 14.6. The fraction of sp³-hybridized carbons (Fsp3) is 0.0556. The van der Waals surface area contributed by atoms with E-state index in [9.17, 15) is 4.79 Å². The molecule has 0 unspecified atom stereocenters. The second-order valence-corrected chi connectivity index (χ2v) is 5.76. The molecule has 1 aromatic heterocycles. The topological polar surface area (TPSA) is 42.2 Å². The molecule has 0 spiro atoms. The molecule has 2 aromatic carbocycles. The summed E-state index contributed by atoms with van der Waals surface area (Å²) in [6, 6.07) is 20.4. The van der Waals surface area contributed by atoms with Gasteiger partial charge in [0.25, 0.3) is 5.91 Å². The van der Waals surface area contributed by atoms with Crippen LogP contribution in [0.25, 0.3) is 0 Å². The Labute approximate surface area is 137 Å². The molecule has 4 heteroatoms. The van der Waals surface area contributed by atoms with Gasteiger partial charge in [0, 0.05) is 10.0 Å². The molecule has 0 fully saturated rings.